The Morgan fingerprint density at radius 1 is 1.61 bits per heavy atom. The first kappa shape index (κ1) is 13.1. The molecule has 1 saturated heterocycles. The normalized spacial score (nSPS) is 19.1. The molecule has 2 rings (SSSR count). The lowest BCUT2D eigenvalue weighted by Crippen LogP contribution is -2.34. The molecule has 0 spiro atoms. The molecule has 0 bridgehead atoms. The van der Waals surface area contributed by atoms with Gasteiger partial charge in [0.15, 0.2) is 5.15 Å². The van der Waals surface area contributed by atoms with Crippen LogP contribution in [0.4, 0.5) is 10.5 Å². The Balaban J connectivity index is 2.12. The molecule has 1 fully saturated rings. The van der Waals surface area contributed by atoms with Gasteiger partial charge in [0.25, 0.3) is 0 Å². The number of hydrogen-bond donors (Lipinski definition) is 2. The molecule has 1 atom stereocenters. The van der Waals surface area contributed by atoms with Gasteiger partial charge in [-0.15, -0.1) is 0 Å². The van der Waals surface area contributed by atoms with E-state index in [0.717, 1.165) is 11.3 Å². The number of β-amino-alcohol motifs (C(OH)–C–C–N with tert-alkyl or cyclic N) is 1. The highest BCUT2D eigenvalue weighted by Crippen LogP contribution is 2.25. The number of likely N-dealkylation sites (tertiary alicyclic amines) is 1. The molecule has 1 aliphatic heterocycles. The van der Waals surface area contributed by atoms with Gasteiger partial charge in [-0.2, -0.15) is 0 Å². The number of amides is 2. The SMILES string of the molecule is Cc1cc(C)c(NC(=O)N2CC[C@@H](O)C2)c(Cl)n1. The Kier molecular flexibility index (Phi) is 3.73. The van der Waals surface area contributed by atoms with Crippen molar-refractivity contribution >= 4 is 23.3 Å². The average Bonchev–Trinajstić information content (AvgIpc) is 2.70. The van der Waals surface area contributed by atoms with Crippen LogP contribution in [0.3, 0.4) is 0 Å². The zero-order valence-electron chi connectivity index (χ0n) is 10.4. The van der Waals surface area contributed by atoms with E-state index in [-0.39, 0.29) is 6.03 Å². The maximum Gasteiger partial charge on any atom is 0.322 e. The summed E-state index contributed by atoms with van der Waals surface area (Å²) >= 11 is 6.02. The van der Waals surface area contributed by atoms with E-state index in [1.165, 1.54) is 0 Å². The van der Waals surface area contributed by atoms with E-state index in [0.29, 0.717) is 30.4 Å². The molecule has 0 radical (unpaired) electrons. The minimum absolute atomic E-state index is 0.248. The second kappa shape index (κ2) is 5.12. The van der Waals surface area contributed by atoms with Gasteiger partial charge in [-0.25, -0.2) is 9.78 Å². The summed E-state index contributed by atoms with van der Waals surface area (Å²) in [5.41, 5.74) is 2.22. The summed E-state index contributed by atoms with van der Waals surface area (Å²) in [4.78, 5) is 17.6. The van der Waals surface area contributed by atoms with Crippen molar-refractivity contribution in [3.8, 4) is 0 Å². The van der Waals surface area contributed by atoms with E-state index < -0.39 is 6.10 Å². The van der Waals surface area contributed by atoms with E-state index in [1.807, 2.05) is 19.9 Å². The lowest BCUT2D eigenvalue weighted by molar-refractivity contribution is 0.176. The first-order chi connectivity index (χ1) is 8.47. The number of rotatable bonds is 1. The average molecular weight is 270 g/mol. The number of pyridine rings is 1. The zero-order chi connectivity index (χ0) is 13.3. The Labute approximate surface area is 111 Å². The summed E-state index contributed by atoms with van der Waals surface area (Å²) < 4.78 is 0. The smallest absolute Gasteiger partial charge is 0.322 e. The molecular weight excluding hydrogens is 254 g/mol. The molecule has 0 aliphatic carbocycles. The summed E-state index contributed by atoms with van der Waals surface area (Å²) in [6, 6.07) is 1.61. The lowest BCUT2D eigenvalue weighted by Gasteiger charge is -2.18. The topological polar surface area (TPSA) is 65.5 Å². The number of carbonyl (C=O) groups is 1. The summed E-state index contributed by atoms with van der Waals surface area (Å²) in [7, 11) is 0. The molecule has 1 aromatic heterocycles. The molecule has 6 heteroatoms. The molecule has 18 heavy (non-hydrogen) atoms. The second-order valence-electron chi connectivity index (χ2n) is 4.57. The molecule has 1 aliphatic rings. The number of carbonyl (C=O) groups excluding carboxylic acids is 1. The maximum absolute atomic E-state index is 12.0. The highest BCUT2D eigenvalue weighted by atomic mass is 35.5. The molecule has 1 aromatic rings. The molecule has 0 saturated carbocycles. The third-order valence-corrected chi connectivity index (χ3v) is 3.26. The van der Waals surface area contributed by atoms with E-state index >= 15 is 0 Å². The van der Waals surface area contributed by atoms with Crippen molar-refractivity contribution in [1.82, 2.24) is 9.88 Å². The highest BCUT2D eigenvalue weighted by Gasteiger charge is 2.25. The summed E-state index contributed by atoms with van der Waals surface area (Å²) in [6.07, 6.45) is 0.190. The van der Waals surface area contributed by atoms with E-state index in [4.69, 9.17) is 11.6 Å². The monoisotopic (exact) mass is 269 g/mol. The first-order valence-corrected chi connectivity index (χ1v) is 6.23. The number of aryl methyl sites for hydroxylation is 2. The van der Waals surface area contributed by atoms with Crippen LogP contribution in [0.1, 0.15) is 17.7 Å². The van der Waals surface area contributed by atoms with Gasteiger partial charge < -0.3 is 15.3 Å². The number of aliphatic hydroxyl groups is 1. The minimum Gasteiger partial charge on any atom is -0.391 e. The van der Waals surface area contributed by atoms with Gasteiger partial charge in [0.05, 0.1) is 11.8 Å². The minimum atomic E-state index is -0.427. The molecule has 2 N–H and O–H groups in total. The number of anilines is 1. The molecule has 98 valence electrons. The molecule has 5 nitrogen and oxygen atoms in total. The van der Waals surface area contributed by atoms with E-state index in [9.17, 15) is 9.90 Å². The van der Waals surface area contributed by atoms with Crippen molar-refractivity contribution in [2.75, 3.05) is 18.4 Å². The van der Waals surface area contributed by atoms with Gasteiger partial charge in [0.1, 0.15) is 0 Å². The largest absolute Gasteiger partial charge is 0.391 e. The summed E-state index contributed by atoms with van der Waals surface area (Å²) in [5, 5.41) is 12.4. The van der Waals surface area contributed by atoms with E-state index in [1.54, 1.807) is 4.90 Å². The zero-order valence-corrected chi connectivity index (χ0v) is 11.2. The highest BCUT2D eigenvalue weighted by molar-refractivity contribution is 6.32. The van der Waals surface area contributed by atoms with E-state index in [2.05, 4.69) is 10.3 Å². The second-order valence-corrected chi connectivity index (χ2v) is 4.92. The van der Waals surface area contributed by atoms with Crippen LogP contribution >= 0.6 is 11.6 Å². The molecule has 0 aromatic carbocycles. The Hall–Kier alpha value is -1.33. The molecule has 2 amide bonds. The predicted molar refractivity (Wildman–Crippen MR) is 69.9 cm³/mol. The van der Waals surface area contributed by atoms with Crippen LogP contribution in [0.15, 0.2) is 6.07 Å². The standard InChI is InChI=1S/C12H16ClN3O2/c1-7-5-8(2)14-11(13)10(7)15-12(18)16-4-3-9(17)6-16/h5,9,17H,3-4,6H2,1-2H3,(H,15,18)/t9-/m1/s1. The van der Waals surface area contributed by atoms with Gasteiger partial charge in [0, 0.05) is 18.8 Å². The number of nitrogens with zero attached hydrogens (tertiary/aromatic N) is 2. The predicted octanol–water partition coefficient (Wildman–Crippen LogP) is 1.95. The van der Waals surface area contributed by atoms with Crippen molar-refractivity contribution in [2.45, 2.75) is 26.4 Å². The number of halogens is 1. The molecule has 0 unspecified atom stereocenters. The number of hydrogen-bond acceptors (Lipinski definition) is 3. The number of urea groups is 1. The van der Waals surface area contributed by atoms with Crippen LogP contribution in [0.2, 0.25) is 5.15 Å². The van der Waals surface area contributed by atoms with Crippen LogP contribution in [-0.2, 0) is 0 Å². The van der Waals surface area contributed by atoms with Gasteiger partial charge >= 0.3 is 6.03 Å². The van der Waals surface area contributed by atoms with Crippen LogP contribution < -0.4 is 5.32 Å². The fraction of sp³-hybridized carbons (Fsp3) is 0.500. The van der Waals surface area contributed by atoms with Crippen LogP contribution in [0.25, 0.3) is 0 Å². The van der Waals surface area contributed by atoms with Crippen molar-refractivity contribution < 1.29 is 9.90 Å². The van der Waals surface area contributed by atoms with Gasteiger partial charge in [0.2, 0.25) is 0 Å². The summed E-state index contributed by atoms with van der Waals surface area (Å²) in [5.74, 6) is 0. The van der Waals surface area contributed by atoms with Crippen molar-refractivity contribution in [3.63, 3.8) is 0 Å². The third kappa shape index (κ3) is 2.73. The van der Waals surface area contributed by atoms with Gasteiger partial charge in [-0.1, -0.05) is 11.6 Å². The van der Waals surface area contributed by atoms with Gasteiger partial charge in [-0.05, 0) is 31.9 Å². The lowest BCUT2D eigenvalue weighted by atomic mass is 10.2. The maximum atomic E-state index is 12.0. The summed E-state index contributed by atoms with van der Waals surface area (Å²) in [6.45, 7) is 4.64. The molecule has 2 heterocycles. The van der Waals surface area contributed by atoms with Crippen LogP contribution in [-0.4, -0.2) is 40.2 Å². The number of aliphatic hydroxyl groups excluding tert-OH is 1. The molecular formula is C12H16ClN3O2. The first-order valence-electron chi connectivity index (χ1n) is 5.85. The van der Waals surface area contributed by atoms with Crippen LogP contribution in [0, 0.1) is 13.8 Å². The fourth-order valence-corrected chi connectivity index (χ4v) is 2.38. The van der Waals surface area contributed by atoms with Gasteiger partial charge in [-0.3, -0.25) is 0 Å². The van der Waals surface area contributed by atoms with Crippen molar-refractivity contribution in [2.24, 2.45) is 0 Å². The Morgan fingerprint density at radius 2 is 2.33 bits per heavy atom. The third-order valence-electron chi connectivity index (χ3n) is 2.98. The number of nitrogens with one attached hydrogen (secondary N) is 1. The van der Waals surface area contributed by atoms with Crippen LogP contribution in [0.5, 0.6) is 0 Å². The quantitative estimate of drug-likeness (QED) is 0.766. The number of aromatic nitrogens is 1. The van der Waals surface area contributed by atoms with Crippen molar-refractivity contribution in [3.05, 3.63) is 22.5 Å². The Morgan fingerprint density at radius 3 is 2.89 bits per heavy atom. The fourth-order valence-electron chi connectivity index (χ4n) is 2.05. The Bertz CT molecular complexity index is 455. The van der Waals surface area contributed by atoms with Crippen molar-refractivity contribution in [1.29, 1.82) is 0 Å².